The lowest BCUT2D eigenvalue weighted by Crippen LogP contribution is -2.26. The van der Waals surface area contributed by atoms with E-state index in [9.17, 15) is 23.3 Å². The first kappa shape index (κ1) is 22.8. The van der Waals surface area contributed by atoms with Gasteiger partial charge >= 0.3 is 0 Å². The number of carbonyl (C=O) groups excluding carboxylic acids is 1. The van der Waals surface area contributed by atoms with Gasteiger partial charge in [0.05, 0.1) is 29.2 Å². The first-order valence-corrected chi connectivity index (χ1v) is 10.8. The summed E-state index contributed by atoms with van der Waals surface area (Å²) in [6, 6.07) is 12.6. The summed E-state index contributed by atoms with van der Waals surface area (Å²) in [5.74, 6) is 1.03. The second kappa shape index (κ2) is 9.10. The lowest BCUT2D eigenvalue weighted by atomic mass is 10.2. The first-order chi connectivity index (χ1) is 15.1. The molecule has 0 saturated heterocycles. The van der Waals surface area contributed by atoms with Gasteiger partial charge in [0.25, 0.3) is 21.6 Å². The van der Waals surface area contributed by atoms with Crippen LogP contribution in [-0.4, -0.2) is 38.3 Å². The molecule has 11 heteroatoms. The summed E-state index contributed by atoms with van der Waals surface area (Å²) in [6.45, 7) is 2.01. The van der Waals surface area contributed by atoms with Crippen molar-refractivity contribution in [2.75, 3.05) is 18.9 Å². The van der Waals surface area contributed by atoms with Gasteiger partial charge in [0.1, 0.15) is 17.3 Å². The number of methoxy groups -OCH3 is 1. The Morgan fingerprint density at radius 2 is 1.94 bits per heavy atom. The number of hydrogen-bond donors (Lipinski definition) is 1. The summed E-state index contributed by atoms with van der Waals surface area (Å²) < 4.78 is 38.7. The van der Waals surface area contributed by atoms with Crippen molar-refractivity contribution in [1.82, 2.24) is 4.90 Å². The van der Waals surface area contributed by atoms with Gasteiger partial charge in [0.2, 0.25) is 0 Å². The molecular weight excluding hydrogens is 438 g/mol. The maximum absolute atomic E-state index is 12.9. The van der Waals surface area contributed by atoms with E-state index in [1.807, 2.05) is 0 Å². The maximum Gasteiger partial charge on any atom is 0.271 e. The number of nitrogens with zero attached hydrogens (tertiary/aromatic N) is 2. The highest BCUT2D eigenvalue weighted by atomic mass is 32.2. The minimum atomic E-state index is -4.17. The summed E-state index contributed by atoms with van der Waals surface area (Å²) in [6.07, 6.45) is 0. The smallest absolute Gasteiger partial charge is 0.271 e. The number of nitro benzene ring substituents is 1. The molecule has 0 aliphatic heterocycles. The second-order valence-electron chi connectivity index (χ2n) is 6.95. The molecule has 0 radical (unpaired) electrons. The Bertz CT molecular complexity index is 1270. The predicted molar refractivity (Wildman–Crippen MR) is 116 cm³/mol. The fourth-order valence-electron chi connectivity index (χ4n) is 2.99. The Labute approximate surface area is 184 Å². The number of hydrogen-bond acceptors (Lipinski definition) is 7. The number of aryl methyl sites for hydroxylation is 1. The minimum Gasteiger partial charge on any atom is -0.495 e. The Balaban J connectivity index is 1.85. The number of rotatable bonds is 8. The van der Waals surface area contributed by atoms with Crippen LogP contribution in [0.25, 0.3) is 0 Å². The van der Waals surface area contributed by atoms with E-state index in [1.165, 1.54) is 48.4 Å². The second-order valence-corrected chi connectivity index (χ2v) is 8.63. The van der Waals surface area contributed by atoms with Crippen LogP contribution in [0, 0.1) is 17.0 Å². The first-order valence-electron chi connectivity index (χ1n) is 9.37. The van der Waals surface area contributed by atoms with Crippen molar-refractivity contribution >= 4 is 27.3 Å². The molecule has 0 atom stereocenters. The predicted octanol–water partition coefficient (Wildman–Crippen LogP) is 3.58. The average molecular weight is 459 g/mol. The molecule has 32 heavy (non-hydrogen) atoms. The van der Waals surface area contributed by atoms with Gasteiger partial charge < -0.3 is 14.1 Å². The molecule has 0 spiro atoms. The van der Waals surface area contributed by atoms with Gasteiger partial charge in [-0.15, -0.1) is 0 Å². The fourth-order valence-corrected chi connectivity index (χ4v) is 4.09. The standard InChI is InChI=1S/C21H21N3O7S/c1-14-7-9-17(31-14)13-23(2)21(25)15-5-4-6-18(11-15)32(28,29)22-19-12-16(24(26)27)8-10-20(19)30-3/h4-12,22H,13H2,1-3H3. The zero-order valence-electron chi connectivity index (χ0n) is 17.6. The lowest BCUT2D eigenvalue weighted by molar-refractivity contribution is -0.384. The monoisotopic (exact) mass is 459 g/mol. The van der Waals surface area contributed by atoms with Gasteiger partial charge in [-0.25, -0.2) is 8.42 Å². The lowest BCUT2D eigenvalue weighted by Gasteiger charge is -2.17. The summed E-state index contributed by atoms with van der Waals surface area (Å²) in [4.78, 5) is 24.4. The number of ether oxygens (including phenoxy) is 1. The highest BCUT2D eigenvalue weighted by Gasteiger charge is 2.21. The fraction of sp³-hybridized carbons (Fsp3) is 0.190. The van der Waals surface area contributed by atoms with Crippen LogP contribution in [0.15, 0.2) is 63.9 Å². The number of carbonyl (C=O) groups is 1. The van der Waals surface area contributed by atoms with Crippen LogP contribution in [0.4, 0.5) is 11.4 Å². The van der Waals surface area contributed by atoms with Crippen molar-refractivity contribution in [1.29, 1.82) is 0 Å². The van der Waals surface area contributed by atoms with Crippen LogP contribution >= 0.6 is 0 Å². The third-order valence-electron chi connectivity index (χ3n) is 4.57. The van der Waals surface area contributed by atoms with Crippen molar-refractivity contribution in [3.8, 4) is 5.75 Å². The molecule has 3 aromatic rings. The zero-order chi connectivity index (χ0) is 23.5. The molecule has 0 saturated carbocycles. The molecule has 2 aromatic carbocycles. The molecule has 1 amide bonds. The van der Waals surface area contributed by atoms with Crippen LogP contribution in [0.2, 0.25) is 0 Å². The molecule has 168 valence electrons. The summed E-state index contributed by atoms with van der Waals surface area (Å²) in [5.41, 5.74) is -0.240. The third kappa shape index (κ3) is 5.06. The number of anilines is 1. The van der Waals surface area contributed by atoms with Gasteiger partial charge in [-0.1, -0.05) is 6.07 Å². The topological polar surface area (TPSA) is 132 Å². The van der Waals surface area contributed by atoms with Crippen LogP contribution in [0.5, 0.6) is 5.75 Å². The highest BCUT2D eigenvalue weighted by molar-refractivity contribution is 7.92. The summed E-state index contributed by atoms with van der Waals surface area (Å²) in [7, 11) is -1.28. The van der Waals surface area contributed by atoms with E-state index in [0.29, 0.717) is 5.76 Å². The van der Waals surface area contributed by atoms with E-state index in [0.717, 1.165) is 11.8 Å². The van der Waals surface area contributed by atoms with Crippen molar-refractivity contribution < 1.29 is 27.3 Å². The quantitative estimate of drug-likeness (QED) is 0.402. The third-order valence-corrected chi connectivity index (χ3v) is 5.93. The van der Waals surface area contributed by atoms with Crippen LogP contribution in [0.1, 0.15) is 21.9 Å². The average Bonchev–Trinajstić information content (AvgIpc) is 3.17. The van der Waals surface area contributed by atoms with Crippen LogP contribution < -0.4 is 9.46 Å². The number of nitrogens with one attached hydrogen (secondary N) is 1. The van der Waals surface area contributed by atoms with Gasteiger partial charge in [-0.05, 0) is 43.3 Å². The van der Waals surface area contributed by atoms with Crippen LogP contribution in [0.3, 0.4) is 0 Å². The molecule has 1 heterocycles. The van der Waals surface area contributed by atoms with Crippen molar-refractivity contribution in [2.45, 2.75) is 18.4 Å². The molecule has 0 bridgehead atoms. The van der Waals surface area contributed by atoms with E-state index in [2.05, 4.69) is 4.72 Å². The molecule has 0 unspecified atom stereocenters. The summed E-state index contributed by atoms with van der Waals surface area (Å²) >= 11 is 0. The van der Waals surface area contributed by atoms with Crippen LogP contribution in [-0.2, 0) is 16.6 Å². The minimum absolute atomic E-state index is 0.0938. The van der Waals surface area contributed by atoms with Gasteiger partial charge in [-0.3, -0.25) is 19.6 Å². The zero-order valence-corrected chi connectivity index (χ0v) is 18.4. The SMILES string of the molecule is COc1ccc([N+](=O)[O-])cc1NS(=O)(=O)c1cccc(C(=O)N(C)Cc2ccc(C)o2)c1. The molecule has 0 fully saturated rings. The van der Waals surface area contributed by atoms with Crippen molar-refractivity contribution in [3.63, 3.8) is 0 Å². The highest BCUT2D eigenvalue weighted by Crippen LogP contribution is 2.31. The van der Waals surface area contributed by atoms with Gasteiger partial charge in [0.15, 0.2) is 0 Å². The normalized spacial score (nSPS) is 11.1. The number of nitro groups is 1. The van der Waals surface area contributed by atoms with Gasteiger partial charge in [0, 0.05) is 24.7 Å². The van der Waals surface area contributed by atoms with Crippen molar-refractivity contribution in [3.05, 3.63) is 81.8 Å². The number of sulfonamides is 1. The number of furan rings is 1. The van der Waals surface area contributed by atoms with E-state index in [4.69, 9.17) is 9.15 Å². The molecule has 1 aromatic heterocycles. The van der Waals surface area contributed by atoms with Crippen molar-refractivity contribution in [2.24, 2.45) is 0 Å². The molecule has 3 rings (SSSR count). The molecule has 0 aliphatic rings. The Morgan fingerprint density at radius 1 is 1.19 bits per heavy atom. The number of non-ortho nitro benzene ring substituents is 1. The molecular formula is C21H21N3O7S. The molecule has 0 aliphatic carbocycles. The van der Waals surface area contributed by atoms with E-state index < -0.39 is 20.9 Å². The Morgan fingerprint density at radius 3 is 2.56 bits per heavy atom. The number of benzene rings is 2. The maximum atomic E-state index is 12.9. The number of amides is 1. The molecule has 1 N–H and O–H groups in total. The summed E-state index contributed by atoms with van der Waals surface area (Å²) in [5, 5.41) is 11.0. The Hall–Kier alpha value is -3.86. The van der Waals surface area contributed by atoms with E-state index >= 15 is 0 Å². The Kier molecular flexibility index (Phi) is 6.49. The van der Waals surface area contributed by atoms with E-state index in [-0.39, 0.29) is 34.1 Å². The van der Waals surface area contributed by atoms with Gasteiger partial charge in [-0.2, -0.15) is 0 Å². The van der Waals surface area contributed by atoms with E-state index in [1.54, 1.807) is 26.1 Å². The molecule has 10 nitrogen and oxygen atoms in total. The largest absolute Gasteiger partial charge is 0.495 e.